The van der Waals surface area contributed by atoms with E-state index < -0.39 is 5.82 Å². The highest BCUT2D eigenvalue weighted by molar-refractivity contribution is 9.10. The molecule has 5 nitrogen and oxygen atoms in total. The van der Waals surface area contributed by atoms with E-state index in [0.29, 0.717) is 27.7 Å². The monoisotopic (exact) mass is 341 g/mol. The summed E-state index contributed by atoms with van der Waals surface area (Å²) < 4.78 is 15.8. The zero-order valence-corrected chi connectivity index (χ0v) is 12.4. The van der Waals surface area contributed by atoms with Crippen LogP contribution in [0.2, 0.25) is 0 Å². The number of aromatic nitrogens is 2. The molecule has 0 aliphatic carbocycles. The van der Waals surface area contributed by atoms with Gasteiger partial charge >= 0.3 is 0 Å². The Morgan fingerprint density at radius 2 is 2.35 bits per heavy atom. The lowest BCUT2D eigenvalue weighted by Crippen LogP contribution is -2.47. The molecule has 106 valence electrons. The predicted molar refractivity (Wildman–Crippen MR) is 75.0 cm³/mol. The first-order valence-electron chi connectivity index (χ1n) is 6.29. The summed E-state index contributed by atoms with van der Waals surface area (Å²) in [5.41, 5.74) is 1.65. The lowest BCUT2D eigenvalue weighted by atomic mass is 10.2. The Hall–Kier alpha value is -1.47. The standard InChI is InChI=1S/C13H13BrFN3O2/c1-7-6-18-9-4-8(15)5-16-11(9)10(14)12(18)13(20)17(7)2-3-19/h4-5,7,19H,2-3,6H2,1H3/t7-/m1/s1. The molecule has 0 radical (unpaired) electrons. The average molecular weight is 342 g/mol. The van der Waals surface area contributed by atoms with Crippen LogP contribution in [-0.4, -0.2) is 44.7 Å². The molecule has 0 aromatic carbocycles. The number of hydrogen-bond donors (Lipinski definition) is 1. The molecule has 1 amide bonds. The Morgan fingerprint density at radius 3 is 3.05 bits per heavy atom. The predicted octanol–water partition coefficient (Wildman–Crippen LogP) is 1.77. The number of β-amino-alcohol motifs (C(OH)–C–C–N with tert-alkyl or cyclic N) is 1. The summed E-state index contributed by atoms with van der Waals surface area (Å²) in [7, 11) is 0. The Morgan fingerprint density at radius 1 is 1.60 bits per heavy atom. The number of hydrogen-bond acceptors (Lipinski definition) is 3. The lowest BCUT2D eigenvalue weighted by molar-refractivity contribution is 0.0570. The third-order valence-corrected chi connectivity index (χ3v) is 4.35. The fourth-order valence-corrected chi connectivity index (χ4v) is 3.37. The summed E-state index contributed by atoms with van der Waals surface area (Å²) in [6.45, 7) is 2.66. The van der Waals surface area contributed by atoms with Gasteiger partial charge in [0.2, 0.25) is 0 Å². The Kier molecular flexibility index (Phi) is 3.25. The van der Waals surface area contributed by atoms with Gasteiger partial charge in [-0.1, -0.05) is 0 Å². The number of amides is 1. The molecular weight excluding hydrogens is 329 g/mol. The Labute approximate surface area is 123 Å². The van der Waals surface area contributed by atoms with Gasteiger partial charge in [-0.05, 0) is 22.9 Å². The van der Waals surface area contributed by atoms with Crippen molar-refractivity contribution in [1.29, 1.82) is 0 Å². The molecule has 20 heavy (non-hydrogen) atoms. The summed E-state index contributed by atoms with van der Waals surface area (Å²) in [6, 6.07) is 1.33. The quantitative estimate of drug-likeness (QED) is 0.905. The first-order valence-corrected chi connectivity index (χ1v) is 7.09. The molecule has 0 unspecified atom stereocenters. The van der Waals surface area contributed by atoms with Crippen molar-refractivity contribution < 1.29 is 14.3 Å². The summed E-state index contributed by atoms with van der Waals surface area (Å²) in [5.74, 6) is -0.605. The topological polar surface area (TPSA) is 58.4 Å². The van der Waals surface area contributed by atoms with Crippen molar-refractivity contribution >= 4 is 32.9 Å². The van der Waals surface area contributed by atoms with Gasteiger partial charge in [-0.15, -0.1) is 0 Å². The van der Waals surface area contributed by atoms with Gasteiger partial charge < -0.3 is 14.6 Å². The van der Waals surface area contributed by atoms with Gasteiger partial charge in [-0.25, -0.2) is 4.39 Å². The van der Waals surface area contributed by atoms with Gasteiger partial charge in [-0.3, -0.25) is 9.78 Å². The van der Waals surface area contributed by atoms with Crippen molar-refractivity contribution in [3.8, 4) is 0 Å². The molecule has 3 heterocycles. The SMILES string of the molecule is C[C@@H]1Cn2c(c(Br)c3ncc(F)cc32)C(=O)N1CCO. The van der Waals surface area contributed by atoms with Gasteiger partial charge in [0.15, 0.2) is 0 Å². The number of aliphatic hydroxyl groups excluding tert-OH is 1. The molecule has 7 heteroatoms. The normalized spacial score (nSPS) is 18.7. The van der Waals surface area contributed by atoms with E-state index in [9.17, 15) is 9.18 Å². The van der Waals surface area contributed by atoms with Crippen LogP contribution in [-0.2, 0) is 6.54 Å². The zero-order chi connectivity index (χ0) is 14.4. The van der Waals surface area contributed by atoms with E-state index >= 15 is 0 Å². The molecule has 1 aliphatic rings. The second-order valence-electron chi connectivity index (χ2n) is 4.87. The van der Waals surface area contributed by atoms with Crippen molar-refractivity contribution in [2.45, 2.75) is 19.5 Å². The first-order chi connectivity index (χ1) is 9.54. The number of carbonyl (C=O) groups is 1. The summed E-state index contributed by atoms with van der Waals surface area (Å²) >= 11 is 3.39. The Balaban J connectivity index is 2.23. The second kappa shape index (κ2) is 4.82. The van der Waals surface area contributed by atoms with Crippen LogP contribution in [0.4, 0.5) is 4.39 Å². The van der Waals surface area contributed by atoms with E-state index in [1.54, 1.807) is 9.47 Å². The van der Waals surface area contributed by atoms with Gasteiger partial charge in [0.1, 0.15) is 17.0 Å². The fraction of sp³-hybridized carbons (Fsp3) is 0.385. The first kappa shape index (κ1) is 13.5. The smallest absolute Gasteiger partial charge is 0.272 e. The largest absolute Gasteiger partial charge is 0.395 e. The minimum atomic E-state index is -0.428. The third-order valence-electron chi connectivity index (χ3n) is 3.59. The molecule has 1 N–H and O–H groups in total. The van der Waals surface area contributed by atoms with E-state index in [1.165, 1.54) is 6.07 Å². The summed E-state index contributed by atoms with van der Waals surface area (Å²) in [4.78, 5) is 18.2. The molecule has 1 aliphatic heterocycles. The molecular formula is C13H13BrFN3O2. The van der Waals surface area contributed by atoms with Crippen LogP contribution in [0.1, 0.15) is 17.4 Å². The third kappa shape index (κ3) is 1.84. The van der Waals surface area contributed by atoms with Crippen LogP contribution in [0, 0.1) is 5.82 Å². The van der Waals surface area contributed by atoms with Gasteiger partial charge in [0.05, 0.1) is 22.8 Å². The van der Waals surface area contributed by atoms with Crippen molar-refractivity contribution in [3.05, 3.63) is 28.2 Å². The van der Waals surface area contributed by atoms with Crippen LogP contribution in [0.5, 0.6) is 0 Å². The number of halogens is 2. The molecule has 0 bridgehead atoms. The van der Waals surface area contributed by atoms with Gasteiger partial charge in [0.25, 0.3) is 5.91 Å². The van der Waals surface area contributed by atoms with Crippen LogP contribution in [0.3, 0.4) is 0 Å². The molecule has 0 saturated carbocycles. The van der Waals surface area contributed by atoms with E-state index in [0.717, 1.165) is 6.20 Å². The van der Waals surface area contributed by atoms with E-state index in [1.807, 2.05) is 6.92 Å². The minimum Gasteiger partial charge on any atom is -0.395 e. The Bertz CT molecular complexity index is 700. The number of aliphatic hydroxyl groups is 1. The van der Waals surface area contributed by atoms with Crippen molar-refractivity contribution in [2.24, 2.45) is 0 Å². The number of pyridine rings is 1. The summed E-state index contributed by atoms with van der Waals surface area (Å²) in [5, 5.41) is 9.07. The molecule has 2 aromatic rings. The van der Waals surface area contributed by atoms with E-state index in [2.05, 4.69) is 20.9 Å². The molecule has 0 spiro atoms. The van der Waals surface area contributed by atoms with Crippen LogP contribution in [0.15, 0.2) is 16.7 Å². The summed E-state index contributed by atoms with van der Waals surface area (Å²) in [6.07, 6.45) is 1.14. The maximum Gasteiger partial charge on any atom is 0.272 e. The van der Waals surface area contributed by atoms with Crippen LogP contribution in [0.25, 0.3) is 11.0 Å². The number of nitrogens with zero attached hydrogens (tertiary/aromatic N) is 3. The molecule has 0 fully saturated rings. The van der Waals surface area contributed by atoms with E-state index in [-0.39, 0.29) is 25.1 Å². The maximum atomic E-state index is 13.4. The number of carbonyl (C=O) groups excluding carboxylic acids is 1. The zero-order valence-electron chi connectivity index (χ0n) is 10.8. The van der Waals surface area contributed by atoms with Crippen LogP contribution < -0.4 is 0 Å². The van der Waals surface area contributed by atoms with Crippen molar-refractivity contribution in [3.63, 3.8) is 0 Å². The highest BCUT2D eigenvalue weighted by Gasteiger charge is 2.34. The van der Waals surface area contributed by atoms with E-state index in [4.69, 9.17) is 5.11 Å². The van der Waals surface area contributed by atoms with Crippen molar-refractivity contribution in [1.82, 2.24) is 14.5 Å². The minimum absolute atomic E-state index is 0.0621. The average Bonchev–Trinajstić information content (AvgIpc) is 2.67. The highest BCUT2D eigenvalue weighted by atomic mass is 79.9. The van der Waals surface area contributed by atoms with Gasteiger partial charge in [0, 0.05) is 25.2 Å². The number of fused-ring (bicyclic) bond motifs is 3. The highest BCUT2D eigenvalue weighted by Crippen LogP contribution is 2.34. The maximum absolute atomic E-state index is 13.4. The second-order valence-corrected chi connectivity index (χ2v) is 5.66. The number of rotatable bonds is 2. The fourth-order valence-electron chi connectivity index (χ4n) is 2.68. The molecule has 2 aromatic heterocycles. The van der Waals surface area contributed by atoms with Gasteiger partial charge in [-0.2, -0.15) is 0 Å². The molecule has 1 atom stereocenters. The molecule has 3 rings (SSSR count). The van der Waals surface area contributed by atoms with Crippen LogP contribution >= 0.6 is 15.9 Å². The molecule has 0 saturated heterocycles. The van der Waals surface area contributed by atoms with Crippen molar-refractivity contribution in [2.75, 3.05) is 13.2 Å². The lowest BCUT2D eigenvalue weighted by Gasteiger charge is -2.34.